The minimum absolute atomic E-state index is 0.302. The van der Waals surface area contributed by atoms with E-state index in [-0.39, 0.29) is 0 Å². The Bertz CT molecular complexity index is 963. The van der Waals surface area contributed by atoms with E-state index in [1.54, 1.807) is 14.7 Å². The second-order valence-electron chi connectivity index (χ2n) is 7.37. The third kappa shape index (κ3) is 3.70. The maximum Gasteiger partial charge on any atom is 0.398 e. The highest BCUT2D eigenvalue weighted by molar-refractivity contribution is 6.23. The molecule has 0 spiro atoms. The number of carbonyl (C=O) groups is 1. The minimum Gasteiger partial charge on any atom is -0.477 e. The first-order chi connectivity index (χ1) is 13.7. The van der Waals surface area contributed by atoms with Gasteiger partial charge >= 0.3 is 13.6 Å². The van der Waals surface area contributed by atoms with E-state index in [0.29, 0.717) is 18.0 Å². The summed E-state index contributed by atoms with van der Waals surface area (Å²) in [5.41, 5.74) is 4.47. The lowest BCUT2D eigenvalue weighted by Crippen LogP contribution is -2.36. The molecule has 28 heavy (non-hydrogen) atoms. The van der Waals surface area contributed by atoms with Crippen molar-refractivity contribution in [2.24, 2.45) is 0 Å². The molecule has 0 saturated carbocycles. The number of aromatic amines is 1. The Kier molecular flexibility index (Phi) is 5.51. The molecule has 3 aromatic rings. The van der Waals surface area contributed by atoms with E-state index in [9.17, 15) is 9.90 Å². The van der Waals surface area contributed by atoms with E-state index in [1.807, 2.05) is 36.4 Å². The van der Waals surface area contributed by atoms with Gasteiger partial charge in [0.2, 0.25) is 0 Å². The summed E-state index contributed by atoms with van der Waals surface area (Å²) in [5, 5.41) is 10.8. The molecular formula is C22H24BN2O3. The first-order valence-corrected chi connectivity index (χ1v) is 9.68. The van der Waals surface area contributed by atoms with Crippen LogP contribution in [0.2, 0.25) is 0 Å². The van der Waals surface area contributed by atoms with Gasteiger partial charge in [-0.1, -0.05) is 48.5 Å². The summed E-state index contributed by atoms with van der Waals surface area (Å²) >= 11 is 0. The topological polar surface area (TPSA) is 65.6 Å². The van der Waals surface area contributed by atoms with Crippen molar-refractivity contribution in [3.8, 4) is 0 Å². The maximum atomic E-state index is 11.9. The molecule has 1 radical (unpaired) electrons. The fraction of sp³-hybridized carbons (Fsp3) is 0.318. The van der Waals surface area contributed by atoms with Gasteiger partial charge in [-0.05, 0) is 48.5 Å². The highest BCUT2D eigenvalue weighted by atomic mass is 16.4. The van der Waals surface area contributed by atoms with Crippen molar-refractivity contribution < 1.29 is 14.6 Å². The van der Waals surface area contributed by atoms with Gasteiger partial charge in [0.25, 0.3) is 0 Å². The molecule has 0 bridgehead atoms. The monoisotopic (exact) mass is 375 g/mol. The van der Waals surface area contributed by atoms with E-state index in [2.05, 4.69) is 21.9 Å². The molecule has 5 nitrogen and oxygen atoms in total. The van der Waals surface area contributed by atoms with Crippen LogP contribution >= 0.6 is 0 Å². The highest BCUT2D eigenvalue weighted by Crippen LogP contribution is 2.35. The lowest BCUT2D eigenvalue weighted by atomic mass is 9.86. The Morgan fingerprint density at radius 2 is 1.93 bits per heavy atom. The summed E-state index contributed by atoms with van der Waals surface area (Å²) in [4.78, 5) is 17.4. The van der Waals surface area contributed by atoms with Crippen LogP contribution in [0.25, 0.3) is 10.9 Å². The van der Waals surface area contributed by atoms with Gasteiger partial charge in [-0.15, -0.1) is 0 Å². The molecule has 6 heteroatoms. The highest BCUT2D eigenvalue weighted by Gasteiger charge is 2.25. The van der Waals surface area contributed by atoms with Crippen LogP contribution in [0.1, 0.15) is 45.9 Å². The largest absolute Gasteiger partial charge is 0.477 e. The molecule has 1 aliphatic rings. The number of carboxylic acids is 1. The van der Waals surface area contributed by atoms with Gasteiger partial charge in [0, 0.05) is 24.4 Å². The van der Waals surface area contributed by atoms with Crippen LogP contribution < -0.4 is 0 Å². The molecule has 2 heterocycles. The predicted octanol–water partition coefficient (Wildman–Crippen LogP) is 3.82. The molecule has 1 fully saturated rings. The molecular weight excluding hydrogens is 351 g/mol. The van der Waals surface area contributed by atoms with E-state index >= 15 is 0 Å². The number of hydrogen-bond donors (Lipinski definition) is 2. The van der Waals surface area contributed by atoms with Gasteiger partial charge in [0.05, 0.1) is 0 Å². The number of hydrogen-bond acceptors (Lipinski definition) is 3. The minimum atomic E-state index is -0.905. The molecule has 1 aliphatic heterocycles. The third-order valence-corrected chi connectivity index (χ3v) is 5.64. The number of benzene rings is 2. The number of piperidine rings is 1. The summed E-state index contributed by atoms with van der Waals surface area (Å²) in [5.74, 6) is -0.493. The molecule has 1 saturated heterocycles. The average Bonchev–Trinajstić information content (AvgIpc) is 3.09. The van der Waals surface area contributed by atoms with Crippen molar-refractivity contribution in [2.75, 3.05) is 20.2 Å². The van der Waals surface area contributed by atoms with Gasteiger partial charge in [-0.2, -0.15) is 0 Å². The zero-order valence-corrected chi connectivity index (χ0v) is 16.0. The Hall–Kier alpha value is -2.57. The first-order valence-electron chi connectivity index (χ1n) is 9.68. The van der Waals surface area contributed by atoms with Crippen molar-refractivity contribution in [2.45, 2.75) is 25.2 Å². The Morgan fingerprint density at radius 1 is 1.18 bits per heavy atom. The molecule has 2 aromatic carbocycles. The number of rotatable bonds is 6. The van der Waals surface area contributed by atoms with Gasteiger partial charge < -0.3 is 19.6 Å². The molecule has 2 N–H and O–H groups in total. The van der Waals surface area contributed by atoms with Gasteiger partial charge in [0.1, 0.15) is 5.69 Å². The second-order valence-corrected chi connectivity index (χ2v) is 7.37. The van der Waals surface area contributed by atoms with Crippen LogP contribution in [-0.4, -0.2) is 48.7 Å². The fourth-order valence-electron chi connectivity index (χ4n) is 4.27. The van der Waals surface area contributed by atoms with E-state index in [0.717, 1.165) is 48.0 Å². The number of para-hydroxylation sites is 1. The van der Waals surface area contributed by atoms with Crippen LogP contribution in [0.3, 0.4) is 0 Å². The fourth-order valence-corrected chi connectivity index (χ4v) is 4.27. The van der Waals surface area contributed by atoms with Crippen molar-refractivity contribution in [3.63, 3.8) is 0 Å². The Labute approximate surface area is 165 Å². The lowest BCUT2D eigenvalue weighted by Gasteiger charge is -2.31. The molecule has 0 unspecified atom stereocenters. The van der Waals surface area contributed by atoms with Crippen molar-refractivity contribution >= 4 is 24.5 Å². The second kappa shape index (κ2) is 8.21. The van der Waals surface area contributed by atoms with Crippen LogP contribution in [0, 0.1) is 0 Å². The number of nitrogens with zero attached hydrogens (tertiary/aromatic N) is 1. The average molecular weight is 375 g/mol. The number of H-pyrrole nitrogens is 1. The Morgan fingerprint density at radius 3 is 2.61 bits per heavy atom. The summed E-state index contributed by atoms with van der Waals surface area (Å²) in [6, 6.07) is 16.3. The van der Waals surface area contributed by atoms with Crippen LogP contribution in [0.15, 0.2) is 48.5 Å². The first kappa shape index (κ1) is 18.8. The van der Waals surface area contributed by atoms with Crippen molar-refractivity contribution in [1.29, 1.82) is 0 Å². The number of aromatic carboxylic acids is 1. The van der Waals surface area contributed by atoms with Gasteiger partial charge in [0.15, 0.2) is 0 Å². The maximum absolute atomic E-state index is 11.9. The van der Waals surface area contributed by atoms with Crippen LogP contribution in [0.5, 0.6) is 0 Å². The number of nitrogens with one attached hydrogen (secondary N) is 1. The lowest BCUT2D eigenvalue weighted by molar-refractivity contribution is 0.0690. The van der Waals surface area contributed by atoms with Gasteiger partial charge in [-0.25, -0.2) is 4.79 Å². The van der Waals surface area contributed by atoms with Crippen molar-refractivity contribution in [1.82, 2.24) is 9.79 Å². The molecule has 4 rings (SSSR count). The zero-order chi connectivity index (χ0) is 19.5. The smallest absolute Gasteiger partial charge is 0.398 e. The molecule has 0 aliphatic carbocycles. The Balaban J connectivity index is 1.70. The molecule has 1 aromatic heterocycles. The van der Waals surface area contributed by atoms with Crippen LogP contribution in [0.4, 0.5) is 0 Å². The van der Waals surface area contributed by atoms with Crippen LogP contribution in [-0.2, 0) is 11.1 Å². The molecule has 0 amide bonds. The quantitative estimate of drug-likeness (QED) is 0.643. The molecule has 0 atom stereocenters. The number of carboxylic acid groups (broad SMARTS) is 1. The third-order valence-electron chi connectivity index (χ3n) is 5.64. The van der Waals surface area contributed by atoms with E-state index in [1.165, 1.54) is 5.56 Å². The molecule has 143 valence electrons. The summed E-state index contributed by atoms with van der Waals surface area (Å²) < 4.78 is 5.12. The zero-order valence-electron chi connectivity index (χ0n) is 16.0. The van der Waals surface area contributed by atoms with Gasteiger partial charge in [-0.3, -0.25) is 0 Å². The summed E-state index contributed by atoms with van der Waals surface area (Å²) in [6.07, 6.45) is 2.65. The summed E-state index contributed by atoms with van der Waals surface area (Å²) in [6.45, 7) is 1.89. The van der Waals surface area contributed by atoms with E-state index < -0.39 is 5.97 Å². The predicted molar refractivity (Wildman–Crippen MR) is 111 cm³/mol. The normalized spacial score (nSPS) is 15.8. The van der Waals surface area contributed by atoms with Crippen molar-refractivity contribution in [3.05, 3.63) is 70.9 Å². The number of fused-ring (bicyclic) bond motifs is 1. The number of aromatic nitrogens is 1. The SMILES string of the molecule is CO[B]N1CCC(c2cccc3c(Cc4ccccc4)c(C(=O)O)[nH]c23)CC1. The summed E-state index contributed by atoms with van der Waals surface area (Å²) in [7, 11) is 3.46. The van der Waals surface area contributed by atoms with E-state index in [4.69, 9.17) is 4.65 Å². The standard InChI is InChI=1S/C22H24BN2O3/c1-28-23-25-12-10-16(11-13-25)17-8-5-9-18-19(14-15-6-3-2-4-7-15)21(22(26)27)24-20(17)18/h2-9,16,24H,10-14H2,1H3,(H,26,27).